The maximum Gasteiger partial charge on any atom is 0.145 e. The first-order chi connectivity index (χ1) is 9.01. The third kappa shape index (κ3) is 3.41. The van der Waals surface area contributed by atoms with Crippen LogP contribution in [-0.4, -0.2) is 0 Å². The first kappa shape index (κ1) is 14.6. The van der Waals surface area contributed by atoms with Crippen LogP contribution in [0.15, 0.2) is 34.8 Å². The van der Waals surface area contributed by atoms with Gasteiger partial charge in [-0.2, -0.15) is 0 Å². The molecule has 0 radical (unpaired) electrons. The molecule has 0 fully saturated rings. The number of hydrogen-bond donors (Lipinski definition) is 0. The van der Waals surface area contributed by atoms with E-state index in [-0.39, 0.29) is 5.02 Å². The minimum Gasteiger partial charge on any atom is -0.456 e. The predicted molar refractivity (Wildman–Crippen MR) is 79.9 cm³/mol. The van der Waals surface area contributed by atoms with E-state index >= 15 is 0 Å². The normalized spacial score (nSPS) is 10.6. The fourth-order valence-corrected chi connectivity index (χ4v) is 2.61. The van der Waals surface area contributed by atoms with Crippen molar-refractivity contribution in [3.05, 3.63) is 56.8 Å². The molecular formula is C14H10BrCl2FO. The molecule has 0 aliphatic heterocycles. The average Bonchev–Trinajstić information content (AvgIpc) is 2.36. The summed E-state index contributed by atoms with van der Waals surface area (Å²) in [7, 11) is 0. The zero-order valence-corrected chi connectivity index (χ0v) is 13.1. The zero-order valence-electron chi connectivity index (χ0n) is 10.0. The lowest BCUT2D eigenvalue weighted by atomic mass is 10.1. The van der Waals surface area contributed by atoms with Crippen LogP contribution in [0.1, 0.15) is 11.1 Å². The highest BCUT2D eigenvalue weighted by molar-refractivity contribution is 9.10. The van der Waals surface area contributed by atoms with Crippen LogP contribution in [0, 0.1) is 12.7 Å². The highest BCUT2D eigenvalue weighted by Gasteiger charge is 2.09. The van der Waals surface area contributed by atoms with E-state index in [1.165, 1.54) is 12.1 Å². The molecule has 0 bridgehead atoms. The Morgan fingerprint density at radius 3 is 2.63 bits per heavy atom. The van der Waals surface area contributed by atoms with Gasteiger partial charge in [0, 0.05) is 11.9 Å². The van der Waals surface area contributed by atoms with Crippen LogP contribution < -0.4 is 4.74 Å². The van der Waals surface area contributed by atoms with Crippen molar-refractivity contribution in [1.29, 1.82) is 0 Å². The van der Waals surface area contributed by atoms with Crippen molar-refractivity contribution < 1.29 is 9.13 Å². The van der Waals surface area contributed by atoms with Crippen LogP contribution in [0.5, 0.6) is 11.5 Å². The Kier molecular flexibility index (Phi) is 4.71. The van der Waals surface area contributed by atoms with Gasteiger partial charge in [0.15, 0.2) is 0 Å². The summed E-state index contributed by atoms with van der Waals surface area (Å²) in [5.41, 5.74) is 2.06. The molecule has 100 valence electrons. The fourth-order valence-electron chi connectivity index (χ4n) is 1.59. The Bertz CT molecular complexity index is 617. The molecule has 0 saturated heterocycles. The van der Waals surface area contributed by atoms with Gasteiger partial charge in [0.05, 0.1) is 9.50 Å². The summed E-state index contributed by atoms with van der Waals surface area (Å²) in [4.78, 5) is 0. The van der Waals surface area contributed by atoms with Crippen LogP contribution in [0.25, 0.3) is 0 Å². The van der Waals surface area contributed by atoms with E-state index < -0.39 is 5.82 Å². The van der Waals surface area contributed by atoms with Gasteiger partial charge >= 0.3 is 0 Å². The van der Waals surface area contributed by atoms with Crippen LogP contribution in [-0.2, 0) is 5.88 Å². The number of halogens is 4. The molecule has 0 atom stereocenters. The van der Waals surface area contributed by atoms with Crippen molar-refractivity contribution in [1.82, 2.24) is 0 Å². The molecule has 0 amide bonds. The second kappa shape index (κ2) is 6.12. The number of rotatable bonds is 3. The Balaban J connectivity index is 2.31. The highest BCUT2D eigenvalue weighted by Crippen LogP contribution is 2.34. The first-order valence-electron chi connectivity index (χ1n) is 5.49. The summed E-state index contributed by atoms with van der Waals surface area (Å²) in [6.45, 7) is 1.95. The lowest BCUT2D eigenvalue weighted by Crippen LogP contribution is -1.90. The quantitative estimate of drug-likeness (QED) is 0.474. The Hall–Kier alpha value is -0.770. The number of alkyl halides is 1. The van der Waals surface area contributed by atoms with Crippen LogP contribution >= 0.6 is 39.1 Å². The third-order valence-corrected chi connectivity index (χ3v) is 3.86. The second-order valence-corrected chi connectivity index (χ2v) is 5.55. The van der Waals surface area contributed by atoms with Gasteiger partial charge in [0.2, 0.25) is 0 Å². The molecule has 1 nitrogen and oxygen atoms in total. The molecule has 0 aromatic heterocycles. The molecule has 2 rings (SSSR count). The van der Waals surface area contributed by atoms with Gasteiger partial charge in [-0.15, -0.1) is 11.6 Å². The molecule has 0 heterocycles. The lowest BCUT2D eigenvalue weighted by molar-refractivity contribution is 0.473. The van der Waals surface area contributed by atoms with Gasteiger partial charge in [-0.25, -0.2) is 4.39 Å². The third-order valence-electron chi connectivity index (χ3n) is 2.66. The molecule has 0 N–H and O–H groups in total. The molecule has 2 aromatic carbocycles. The summed E-state index contributed by atoms with van der Waals surface area (Å²) < 4.78 is 19.6. The molecule has 0 aliphatic rings. The SMILES string of the molecule is Cc1cc(Oc2cc(F)c(Cl)cc2Br)ccc1CCl. The first-order valence-corrected chi connectivity index (χ1v) is 7.19. The maximum atomic E-state index is 13.4. The van der Waals surface area contributed by atoms with Gasteiger partial charge in [0.25, 0.3) is 0 Å². The topological polar surface area (TPSA) is 9.23 Å². The van der Waals surface area contributed by atoms with E-state index in [0.29, 0.717) is 21.9 Å². The second-order valence-electron chi connectivity index (χ2n) is 4.02. The van der Waals surface area contributed by atoms with Crippen LogP contribution in [0.4, 0.5) is 4.39 Å². The maximum absolute atomic E-state index is 13.4. The number of ether oxygens (including phenoxy) is 1. The monoisotopic (exact) mass is 362 g/mol. The number of hydrogen-bond acceptors (Lipinski definition) is 1. The standard InChI is InChI=1S/C14H10BrCl2FO/c1-8-4-10(3-2-9(8)7-16)19-14-6-13(18)12(17)5-11(14)15/h2-6H,7H2,1H3. The van der Waals surface area contributed by atoms with Crippen LogP contribution in [0.3, 0.4) is 0 Å². The van der Waals surface area contributed by atoms with E-state index in [0.717, 1.165) is 11.1 Å². The largest absolute Gasteiger partial charge is 0.456 e. The van der Waals surface area contributed by atoms with E-state index in [4.69, 9.17) is 27.9 Å². The lowest BCUT2D eigenvalue weighted by Gasteiger charge is -2.10. The summed E-state index contributed by atoms with van der Waals surface area (Å²) in [6, 6.07) is 8.25. The smallest absolute Gasteiger partial charge is 0.145 e. The molecule has 2 aromatic rings. The van der Waals surface area contributed by atoms with Crippen molar-refractivity contribution >= 4 is 39.1 Å². The van der Waals surface area contributed by atoms with E-state index in [9.17, 15) is 4.39 Å². The summed E-state index contributed by atoms with van der Waals surface area (Å²) in [5, 5.41) is 0.0490. The Labute approximate surface area is 129 Å². The van der Waals surface area contributed by atoms with Gasteiger partial charge < -0.3 is 4.74 Å². The Morgan fingerprint density at radius 2 is 2.00 bits per heavy atom. The molecule has 0 unspecified atom stereocenters. The number of aryl methyl sites for hydroxylation is 1. The van der Waals surface area contributed by atoms with Crippen molar-refractivity contribution in [2.75, 3.05) is 0 Å². The van der Waals surface area contributed by atoms with E-state index in [2.05, 4.69) is 15.9 Å². The predicted octanol–water partition coefficient (Wildman–Crippen LogP) is 6.08. The number of benzene rings is 2. The van der Waals surface area contributed by atoms with Gasteiger partial charge in [-0.05, 0) is 52.2 Å². The average molecular weight is 364 g/mol. The molecular weight excluding hydrogens is 354 g/mol. The van der Waals surface area contributed by atoms with Crippen molar-refractivity contribution in [3.8, 4) is 11.5 Å². The van der Waals surface area contributed by atoms with Gasteiger partial charge in [-0.3, -0.25) is 0 Å². The van der Waals surface area contributed by atoms with Gasteiger partial charge in [0.1, 0.15) is 17.3 Å². The summed E-state index contributed by atoms with van der Waals surface area (Å²) in [6.07, 6.45) is 0. The minimum atomic E-state index is -0.519. The molecule has 0 spiro atoms. The molecule has 0 aliphatic carbocycles. The Morgan fingerprint density at radius 1 is 1.26 bits per heavy atom. The van der Waals surface area contributed by atoms with Crippen LogP contribution in [0.2, 0.25) is 5.02 Å². The van der Waals surface area contributed by atoms with E-state index in [1.807, 2.05) is 19.1 Å². The zero-order chi connectivity index (χ0) is 14.0. The molecule has 5 heteroatoms. The van der Waals surface area contributed by atoms with Gasteiger partial charge in [-0.1, -0.05) is 17.7 Å². The molecule has 19 heavy (non-hydrogen) atoms. The molecule has 0 saturated carbocycles. The van der Waals surface area contributed by atoms with Crippen molar-refractivity contribution in [3.63, 3.8) is 0 Å². The summed E-state index contributed by atoms with van der Waals surface area (Å²) >= 11 is 14.8. The van der Waals surface area contributed by atoms with Crippen molar-refractivity contribution in [2.24, 2.45) is 0 Å². The van der Waals surface area contributed by atoms with E-state index in [1.54, 1.807) is 6.07 Å². The summed E-state index contributed by atoms with van der Waals surface area (Å²) in [5.74, 6) is 0.924. The van der Waals surface area contributed by atoms with Crippen molar-refractivity contribution in [2.45, 2.75) is 12.8 Å². The minimum absolute atomic E-state index is 0.0490. The highest BCUT2D eigenvalue weighted by atomic mass is 79.9. The fraction of sp³-hybridized carbons (Fsp3) is 0.143.